The molecule has 1 aliphatic heterocycles. The van der Waals surface area contributed by atoms with E-state index in [0.717, 1.165) is 29.0 Å². The lowest BCUT2D eigenvalue weighted by Crippen LogP contribution is -2.29. The molecule has 5 heteroatoms. The van der Waals surface area contributed by atoms with Crippen molar-refractivity contribution in [2.75, 3.05) is 11.4 Å². The number of carbonyl (C=O) groups excluding carboxylic acids is 2. The monoisotopic (exact) mass is 404 g/mol. The second-order valence-electron chi connectivity index (χ2n) is 7.22. The summed E-state index contributed by atoms with van der Waals surface area (Å²) in [5, 5.41) is 5.25. The Labute approximate surface area is 175 Å². The second kappa shape index (κ2) is 8.62. The Bertz CT molecular complexity index is 999. The zero-order chi connectivity index (χ0) is 20.2. The quantitative estimate of drug-likeness (QED) is 0.644. The van der Waals surface area contributed by atoms with Crippen molar-refractivity contribution in [3.8, 4) is 0 Å². The SMILES string of the molecule is CCC(=O)N1CCc2cc(C(=O)NC(Cc3ccccc3)c3cccs3)ccc21. The van der Waals surface area contributed by atoms with Gasteiger partial charge >= 0.3 is 0 Å². The third kappa shape index (κ3) is 4.25. The highest BCUT2D eigenvalue weighted by atomic mass is 32.1. The summed E-state index contributed by atoms with van der Waals surface area (Å²) >= 11 is 1.65. The van der Waals surface area contributed by atoms with Crippen molar-refractivity contribution in [2.24, 2.45) is 0 Å². The van der Waals surface area contributed by atoms with Crippen molar-refractivity contribution in [1.29, 1.82) is 0 Å². The molecule has 0 fully saturated rings. The topological polar surface area (TPSA) is 49.4 Å². The third-order valence-corrected chi connectivity index (χ3v) is 6.30. The summed E-state index contributed by atoms with van der Waals surface area (Å²) in [6, 6.07) is 19.9. The molecule has 0 spiro atoms. The smallest absolute Gasteiger partial charge is 0.251 e. The first-order chi connectivity index (χ1) is 14.2. The number of nitrogens with one attached hydrogen (secondary N) is 1. The molecule has 0 radical (unpaired) electrons. The van der Waals surface area contributed by atoms with Crippen molar-refractivity contribution in [3.05, 3.63) is 87.6 Å². The maximum absolute atomic E-state index is 13.0. The summed E-state index contributed by atoms with van der Waals surface area (Å²) in [4.78, 5) is 28.1. The van der Waals surface area contributed by atoms with E-state index in [1.807, 2.05) is 59.7 Å². The standard InChI is InChI=1S/C24H24N2O2S/c1-2-23(27)26-13-12-18-16-19(10-11-21(18)26)24(28)25-20(22-9-6-14-29-22)15-17-7-4-3-5-8-17/h3-11,14,16,20H,2,12-13,15H2,1H3,(H,25,28). The Morgan fingerprint density at radius 2 is 1.93 bits per heavy atom. The van der Waals surface area contributed by atoms with Gasteiger partial charge in [-0.25, -0.2) is 0 Å². The van der Waals surface area contributed by atoms with Gasteiger partial charge < -0.3 is 10.2 Å². The zero-order valence-electron chi connectivity index (χ0n) is 16.4. The lowest BCUT2D eigenvalue weighted by molar-refractivity contribution is -0.118. The molecule has 0 bridgehead atoms. The Morgan fingerprint density at radius 3 is 2.66 bits per heavy atom. The Balaban J connectivity index is 1.53. The molecular formula is C24H24N2O2S. The van der Waals surface area contributed by atoms with Crippen molar-refractivity contribution in [3.63, 3.8) is 0 Å². The van der Waals surface area contributed by atoms with E-state index in [0.29, 0.717) is 18.5 Å². The first-order valence-electron chi connectivity index (χ1n) is 9.97. The molecule has 2 aromatic carbocycles. The minimum atomic E-state index is -0.0811. The first kappa shape index (κ1) is 19.4. The van der Waals surface area contributed by atoms with E-state index in [-0.39, 0.29) is 17.9 Å². The lowest BCUT2D eigenvalue weighted by Gasteiger charge is -2.19. The number of benzene rings is 2. The minimum absolute atomic E-state index is 0.0728. The van der Waals surface area contributed by atoms with Crippen LogP contribution in [0.2, 0.25) is 0 Å². The van der Waals surface area contributed by atoms with Crippen LogP contribution >= 0.6 is 11.3 Å². The van der Waals surface area contributed by atoms with E-state index in [4.69, 9.17) is 0 Å². The molecule has 1 N–H and O–H groups in total. The zero-order valence-corrected chi connectivity index (χ0v) is 17.2. The van der Waals surface area contributed by atoms with Gasteiger partial charge in [0.1, 0.15) is 0 Å². The van der Waals surface area contributed by atoms with Crippen LogP contribution < -0.4 is 10.2 Å². The molecule has 4 nitrogen and oxygen atoms in total. The molecule has 29 heavy (non-hydrogen) atoms. The van der Waals surface area contributed by atoms with Gasteiger partial charge in [-0.2, -0.15) is 0 Å². The molecule has 0 aliphatic carbocycles. The van der Waals surface area contributed by atoms with Crippen LogP contribution in [0.1, 0.15) is 45.7 Å². The Hall–Kier alpha value is -2.92. The van der Waals surface area contributed by atoms with Crippen LogP contribution in [-0.2, 0) is 17.6 Å². The molecular weight excluding hydrogens is 380 g/mol. The molecule has 2 heterocycles. The molecule has 2 amide bonds. The van der Waals surface area contributed by atoms with Gasteiger partial charge in [0.05, 0.1) is 6.04 Å². The molecule has 1 atom stereocenters. The van der Waals surface area contributed by atoms with E-state index < -0.39 is 0 Å². The van der Waals surface area contributed by atoms with Gasteiger partial charge in [-0.15, -0.1) is 11.3 Å². The molecule has 0 saturated carbocycles. The van der Waals surface area contributed by atoms with Crippen LogP contribution in [0, 0.1) is 0 Å². The van der Waals surface area contributed by atoms with Gasteiger partial charge in [-0.1, -0.05) is 43.3 Å². The van der Waals surface area contributed by atoms with Gasteiger partial charge in [0.2, 0.25) is 5.91 Å². The van der Waals surface area contributed by atoms with E-state index in [9.17, 15) is 9.59 Å². The summed E-state index contributed by atoms with van der Waals surface area (Å²) in [6.07, 6.45) is 2.03. The van der Waals surface area contributed by atoms with Crippen LogP contribution in [0.4, 0.5) is 5.69 Å². The number of hydrogen-bond donors (Lipinski definition) is 1. The maximum Gasteiger partial charge on any atom is 0.251 e. The predicted molar refractivity (Wildman–Crippen MR) is 117 cm³/mol. The lowest BCUT2D eigenvalue weighted by atomic mass is 10.0. The average Bonchev–Trinajstić information content (AvgIpc) is 3.43. The summed E-state index contributed by atoms with van der Waals surface area (Å²) in [5.74, 6) is 0.0453. The van der Waals surface area contributed by atoms with Crippen molar-refractivity contribution < 1.29 is 9.59 Å². The van der Waals surface area contributed by atoms with Crippen LogP contribution in [-0.4, -0.2) is 18.4 Å². The van der Waals surface area contributed by atoms with E-state index in [1.165, 1.54) is 5.56 Å². The highest BCUT2D eigenvalue weighted by molar-refractivity contribution is 7.10. The summed E-state index contributed by atoms with van der Waals surface area (Å²) in [5.41, 5.74) is 3.83. The van der Waals surface area contributed by atoms with Crippen molar-refractivity contribution in [1.82, 2.24) is 5.32 Å². The summed E-state index contributed by atoms with van der Waals surface area (Å²) in [7, 11) is 0. The van der Waals surface area contributed by atoms with Gasteiger partial charge in [0.15, 0.2) is 0 Å². The van der Waals surface area contributed by atoms with Crippen molar-refractivity contribution >= 4 is 28.8 Å². The number of nitrogens with zero attached hydrogens (tertiary/aromatic N) is 1. The van der Waals surface area contributed by atoms with Crippen LogP contribution in [0.15, 0.2) is 66.0 Å². The average molecular weight is 405 g/mol. The van der Waals surface area contributed by atoms with Crippen LogP contribution in [0.3, 0.4) is 0 Å². The second-order valence-corrected chi connectivity index (χ2v) is 8.20. The van der Waals surface area contributed by atoms with Crippen LogP contribution in [0.5, 0.6) is 0 Å². The van der Waals surface area contributed by atoms with E-state index >= 15 is 0 Å². The Morgan fingerprint density at radius 1 is 1.10 bits per heavy atom. The van der Waals surface area contributed by atoms with Gasteiger partial charge in [0.25, 0.3) is 5.91 Å². The number of fused-ring (bicyclic) bond motifs is 1. The first-order valence-corrected chi connectivity index (χ1v) is 10.8. The molecule has 1 aliphatic rings. The largest absolute Gasteiger partial charge is 0.344 e. The normalized spacial score (nSPS) is 13.8. The van der Waals surface area contributed by atoms with E-state index in [2.05, 4.69) is 23.5 Å². The number of thiophene rings is 1. The number of hydrogen-bond acceptors (Lipinski definition) is 3. The molecule has 1 aromatic heterocycles. The molecule has 4 rings (SSSR count). The summed E-state index contributed by atoms with van der Waals surface area (Å²) < 4.78 is 0. The molecule has 1 unspecified atom stereocenters. The predicted octanol–water partition coefficient (Wildman–Crippen LogP) is 4.76. The maximum atomic E-state index is 13.0. The molecule has 0 saturated heterocycles. The van der Waals surface area contributed by atoms with Gasteiger partial charge in [-0.05, 0) is 53.6 Å². The molecule has 148 valence electrons. The fourth-order valence-corrected chi connectivity index (χ4v) is 4.57. The number of carbonyl (C=O) groups is 2. The molecule has 3 aromatic rings. The summed E-state index contributed by atoms with van der Waals surface area (Å²) in [6.45, 7) is 2.57. The fraction of sp³-hybridized carbons (Fsp3) is 0.250. The number of rotatable bonds is 6. The number of amides is 2. The van der Waals surface area contributed by atoms with E-state index in [1.54, 1.807) is 11.3 Å². The minimum Gasteiger partial charge on any atom is -0.344 e. The van der Waals surface area contributed by atoms with Crippen molar-refractivity contribution in [2.45, 2.75) is 32.2 Å². The van der Waals surface area contributed by atoms with Crippen LogP contribution in [0.25, 0.3) is 0 Å². The highest BCUT2D eigenvalue weighted by Gasteiger charge is 2.25. The Kier molecular flexibility index (Phi) is 5.76. The highest BCUT2D eigenvalue weighted by Crippen LogP contribution is 2.30. The number of anilines is 1. The third-order valence-electron chi connectivity index (χ3n) is 5.32. The van der Waals surface area contributed by atoms with Gasteiger partial charge in [0, 0.05) is 29.1 Å². The van der Waals surface area contributed by atoms with Gasteiger partial charge in [-0.3, -0.25) is 9.59 Å². The fourth-order valence-electron chi connectivity index (χ4n) is 3.80.